The third kappa shape index (κ3) is 3.12. The van der Waals surface area contributed by atoms with E-state index in [1.807, 2.05) is 24.3 Å². The van der Waals surface area contributed by atoms with Crippen molar-refractivity contribution in [2.24, 2.45) is 0 Å². The van der Waals surface area contributed by atoms with Gasteiger partial charge in [-0.25, -0.2) is 13.2 Å². The maximum Gasteiger partial charge on any atom is 0.194 e. The molecule has 1 aliphatic heterocycles. The summed E-state index contributed by atoms with van der Waals surface area (Å²) in [6, 6.07) is 10.4. The van der Waals surface area contributed by atoms with Crippen LogP contribution in [0.3, 0.4) is 0 Å². The Kier molecular flexibility index (Phi) is 4.29. The van der Waals surface area contributed by atoms with E-state index in [4.69, 9.17) is 0 Å². The second-order valence-corrected chi connectivity index (χ2v) is 6.35. The SMILES string of the molecule is Fc1ccc(CNC2=CC=C3Nc4ccccc4CC=C3C2)c(F)c1F. The number of para-hydroxylation sites is 1. The zero-order chi connectivity index (χ0) is 18.1. The molecule has 0 amide bonds. The Morgan fingerprint density at radius 1 is 0.962 bits per heavy atom. The van der Waals surface area contributed by atoms with Gasteiger partial charge in [-0.15, -0.1) is 0 Å². The first-order chi connectivity index (χ1) is 12.6. The molecule has 4 rings (SSSR count). The van der Waals surface area contributed by atoms with Gasteiger partial charge in [-0.2, -0.15) is 0 Å². The molecule has 0 radical (unpaired) electrons. The molecule has 1 aliphatic carbocycles. The Morgan fingerprint density at radius 3 is 2.69 bits per heavy atom. The van der Waals surface area contributed by atoms with Crippen LogP contribution in [0.1, 0.15) is 17.5 Å². The Morgan fingerprint density at radius 2 is 1.81 bits per heavy atom. The van der Waals surface area contributed by atoms with Crippen LogP contribution < -0.4 is 10.6 Å². The lowest BCUT2D eigenvalue weighted by Gasteiger charge is -2.20. The van der Waals surface area contributed by atoms with Crippen molar-refractivity contribution in [1.29, 1.82) is 0 Å². The van der Waals surface area contributed by atoms with Crippen LogP contribution in [0.15, 0.2) is 71.6 Å². The number of halogens is 3. The van der Waals surface area contributed by atoms with Crippen LogP contribution in [-0.4, -0.2) is 0 Å². The molecule has 0 fully saturated rings. The fraction of sp³-hybridized carbons (Fsp3) is 0.143. The van der Waals surface area contributed by atoms with Crippen LogP contribution >= 0.6 is 0 Å². The van der Waals surface area contributed by atoms with Crippen molar-refractivity contribution in [1.82, 2.24) is 5.32 Å². The van der Waals surface area contributed by atoms with Gasteiger partial charge in [0.25, 0.3) is 0 Å². The summed E-state index contributed by atoms with van der Waals surface area (Å²) in [5.74, 6) is -3.75. The molecule has 0 spiro atoms. The highest BCUT2D eigenvalue weighted by atomic mass is 19.2. The molecular weight excluding hydrogens is 337 g/mol. The van der Waals surface area contributed by atoms with Crippen LogP contribution in [0.2, 0.25) is 0 Å². The molecule has 2 aromatic rings. The van der Waals surface area contributed by atoms with Crippen LogP contribution in [0.25, 0.3) is 0 Å². The highest BCUT2D eigenvalue weighted by molar-refractivity contribution is 5.63. The lowest BCUT2D eigenvalue weighted by atomic mass is 10.00. The number of fused-ring (bicyclic) bond motifs is 2. The van der Waals surface area contributed by atoms with Gasteiger partial charge >= 0.3 is 0 Å². The van der Waals surface area contributed by atoms with Crippen molar-refractivity contribution in [3.8, 4) is 0 Å². The smallest absolute Gasteiger partial charge is 0.194 e. The average molecular weight is 354 g/mol. The number of nitrogens with one attached hydrogen (secondary N) is 2. The van der Waals surface area contributed by atoms with Gasteiger partial charge in [-0.05, 0) is 41.8 Å². The molecule has 2 aliphatic rings. The van der Waals surface area contributed by atoms with Crippen molar-refractivity contribution in [3.63, 3.8) is 0 Å². The molecule has 1 heterocycles. The second-order valence-electron chi connectivity index (χ2n) is 6.35. The molecule has 2 nitrogen and oxygen atoms in total. The Bertz CT molecular complexity index is 958. The van der Waals surface area contributed by atoms with E-state index < -0.39 is 17.5 Å². The standard InChI is InChI=1S/C21H17F3N2/c22-17-9-7-15(20(23)21(17)24)12-25-16-8-10-19-14(11-16)6-5-13-3-1-2-4-18(13)26-19/h1-4,6-10,25-26H,5,11-12H2. The van der Waals surface area contributed by atoms with Gasteiger partial charge in [0.2, 0.25) is 0 Å². The number of benzene rings is 2. The van der Waals surface area contributed by atoms with Crippen LogP contribution in [0, 0.1) is 17.5 Å². The monoisotopic (exact) mass is 354 g/mol. The maximum atomic E-state index is 13.8. The van der Waals surface area contributed by atoms with Crippen LogP contribution in [-0.2, 0) is 13.0 Å². The molecule has 0 bridgehead atoms. The zero-order valence-corrected chi connectivity index (χ0v) is 14.0. The van der Waals surface area contributed by atoms with Crippen molar-refractivity contribution >= 4 is 5.69 Å². The van der Waals surface area contributed by atoms with Crippen molar-refractivity contribution < 1.29 is 13.2 Å². The summed E-state index contributed by atoms with van der Waals surface area (Å²) in [4.78, 5) is 0. The average Bonchev–Trinajstić information content (AvgIpc) is 2.84. The minimum atomic E-state index is -1.43. The minimum Gasteiger partial charge on any atom is -0.384 e. The molecule has 2 N–H and O–H groups in total. The summed E-state index contributed by atoms with van der Waals surface area (Å²) >= 11 is 0. The third-order valence-corrected chi connectivity index (χ3v) is 4.65. The Balaban J connectivity index is 1.50. The summed E-state index contributed by atoms with van der Waals surface area (Å²) in [7, 11) is 0. The lowest BCUT2D eigenvalue weighted by molar-refractivity contribution is 0.439. The predicted octanol–water partition coefficient (Wildman–Crippen LogP) is 4.96. The topological polar surface area (TPSA) is 24.1 Å². The molecule has 0 unspecified atom stereocenters. The Hall–Kier alpha value is -2.95. The van der Waals surface area contributed by atoms with E-state index in [9.17, 15) is 13.2 Å². The van der Waals surface area contributed by atoms with Gasteiger partial charge in [0, 0.05) is 35.6 Å². The molecule has 5 heteroatoms. The molecule has 26 heavy (non-hydrogen) atoms. The molecule has 0 aromatic heterocycles. The quantitative estimate of drug-likeness (QED) is 0.762. The zero-order valence-electron chi connectivity index (χ0n) is 14.0. The lowest BCUT2D eigenvalue weighted by Crippen LogP contribution is -2.18. The number of hydrogen-bond acceptors (Lipinski definition) is 2. The number of rotatable bonds is 3. The minimum absolute atomic E-state index is 0.0962. The predicted molar refractivity (Wildman–Crippen MR) is 95.8 cm³/mol. The van der Waals surface area contributed by atoms with E-state index >= 15 is 0 Å². The van der Waals surface area contributed by atoms with Crippen molar-refractivity contribution in [3.05, 3.63) is 100 Å². The number of hydrogen-bond donors (Lipinski definition) is 2. The van der Waals surface area contributed by atoms with Crippen LogP contribution in [0.5, 0.6) is 0 Å². The van der Waals surface area contributed by atoms with Crippen molar-refractivity contribution in [2.45, 2.75) is 19.4 Å². The molecule has 0 saturated carbocycles. The summed E-state index contributed by atoms with van der Waals surface area (Å²) in [6.07, 6.45) is 7.57. The summed E-state index contributed by atoms with van der Waals surface area (Å²) < 4.78 is 40.1. The second kappa shape index (κ2) is 6.75. The molecule has 2 aromatic carbocycles. The summed E-state index contributed by atoms with van der Waals surface area (Å²) in [5, 5.41) is 6.57. The fourth-order valence-electron chi connectivity index (χ4n) is 3.19. The first kappa shape index (κ1) is 16.5. The Labute approximate surface area is 149 Å². The van der Waals surface area contributed by atoms with E-state index in [0.29, 0.717) is 6.42 Å². The fourth-order valence-corrected chi connectivity index (χ4v) is 3.19. The van der Waals surface area contributed by atoms with Crippen LogP contribution in [0.4, 0.5) is 18.9 Å². The van der Waals surface area contributed by atoms with Gasteiger partial charge < -0.3 is 10.6 Å². The molecule has 0 saturated heterocycles. The number of allylic oxidation sites excluding steroid dienone is 5. The van der Waals surface area contributed by atoms with E-state index in [-0.39, 0.29) is 12.1 Å². The third-order valence-electron chi connectivity index (χ3n) is 4.65. The first-order valence-electron chi connectivity index (χ1n) is 8.43. The summed E-state index contributed by atoms with van der Waals surface area (Å²) in [5.41, 5.74) is 5.51. The van der Waals surface area contributed by atoms with Crippen molar-refractivity contribution in [2.75, 3.05) is 5.32 Å². The van der Waals surface area contributed by atoms with Gasteiger partial charge in [-0.1, -0.05) is 30.3 Å². The van der Waals surface area contributed by atoms with E-state index in [2.05, 4.69) is 28.8 Å². The molecular formula is C21H17F3N2. The van der Waals surface area contributed by atoms with E-state index in [0.717, 1.165) is 35.1 Å². The molecule has 0 atom stereocenters. The maximum absolute atomic E-state index is 13.8. The van der Waals surface area contributed by atoms with Gasteiger partial charge in [0.1, 0.15) is 0 Å². The molecule has 132 valence electrons. The normalized spacial score (nSPS) is 15.6. The van der Waals surface area contributed by atoms with Gasteiger partial charge in [0.15, 0.2) is 17.5 Å². The highest BCUT2D eigenvalue weighted by Crippen LogP contribution is 2.30. The van der Waals surface area contributed by atoms with E-state index in [1.54, 1.807) is 0 Å². The number of anilines is 1. The first-order valence-corrected chi connectivity index (χ1v) is 8.43. The van der Waals surface area contributed by atoms with E-state index in [1.165, 1.54) is 11.6 Å². The summed E-state index contributed by atoms with van der Waals surface area (Å²) in [6.45, 7) is 0.0962. The van der Waals surface area contributed by atoms with Gasteiger partial charge in [0.05, 0.1) is 0 Å². The highest BCUT2D eigenvalue weighted by Gasteiger charge is 2.18. The largest absolute Gasteiger partial charge is 0.384 e. The van der Waals surface area contributed by atoms with Gasteiger partial charge in [-0.3, -0.25) is 0 Å².